The van der Waals surface area contributed by atoms with Crippen molar-refractivity contribution >= 4 is 38.5 Å². The molecule has 6 rings (SSSR count). The maximum Gasteiger partial charge on any atom is 0.248 e. The number of nitrogens with zero attached hydrogens (tertiary/aromatic N) is 6. The van der Waals surface area contributed by atoms with Crippen LogP contribution in [-0.2, 0) is 0 Å². The zero-order valence-corrected chi connectivity index (χ0v) is 19.2. The Labute approximate surface area is 202 Å². The van der Waals surface area contributed by atoms with Crippen molar-refractivity contribution in [3.05, 3.63) is 95.9 Å². The van der Waals surface area contributed by atoms with Crippen LogP contribution in [0.25, 0.3) is 39.6 Å². The van der Waals surface area contributed by atoms with E-state index in [0.29, 0.717) is 23.2 Å². The molecular formula is C25H16BrN7O. The van der Waals surface area contributed by atoms with Crippen molar-refractivity contribution in [2.24, 2.45) is 0 Å². The molecule has 3 aromatic heterocycles. The first-order chi connectivity index (χ1) is 16.7. The first-order valence-electron chi connectivity index (χ1n) is 10.5. The minimum atomic E-state index is 0.463. The van der Waals surface area contributed by atoms with Gasteiger partial charge in [0.25, 0.3) is 0 Å². The quantitative estimate of drug-likeness (QED) is 0.302. The van der Waals surface area contributed by atoms with Crippen molar-refractivity contribution in [1.29, 1.82) is 0 Å². The molecular weight excluding hydrogens is 494 g/mol. The monoisotopic (exact) mass is 509 g/mol. The third-order valence-corrected chi connectivity index (χ3v) is 5.75. The minimum Gasteiger partial charge on any atom is -0.416 e. The summed E-state index contributed by atoms with van der Waals surface area (Å²) >= 11 is 3.50. The fraction of sp³-hybridized carbons (Fsp3) is 0. The van der Waals surface area contributed by atoms with E-state index < -0.39 is 0 Å². The first kappa shape index (κ1) is 20.3. The molecule has 9 heteroatoms. The normalized spacial score (nSPS) is 11.1. The Morgan fingerprint density at radius 1 is 0.794 bits per heavy atom. The number of fused-ring (bicyclic) bond motifs is 1. The predicted molar refractivity (Wildman–Crippen MR) is 133 cm³/mol. The number of halogens is 1. The number of hydrogen-bond donors (Lipinski definition) is 1. The molecule has 0 aliphatic heterocycles. The molecule has 1 N–H and O–H groups in total. The molecule has 0 amide bonds. The van der Waals surface area contributed by atoms with Crippen LogP contribution < -0.4 is 5.32 Å². The summed E-state index contributed by atoms with van der Waals surface area (Å²) in [6, 6.07) is 25.3. The van der Waals surface area contributed by atoms with E-state index in [1.165, 1.54) is 6.33 Å². The van der Waals surface area contributed by atoms with Gasteiger partial charge in [0, 0.05) is 21.3 Å². The lowest BCUT2D eigenvalue weighted by atomic mass is 10.2. The van der Waals surface area contributed by atoms with Crippen molar-refractivity contribution in [3.63, 3.8) is 0 Å². The van der Waals surface area contributed by atoms with Gasteiger partial charge in [-0.2, -0.15) is 5.10 Å². The highest BCUT2D eigenvalue weighted by molar-refractivity contribution is 9.10. The van der Waals surface area contributed by atoms with Gasteiger partial charge in [0.05, 0.1) is 17.3 Å². The van der Waals surface area contributed by atoms with Gasteiger partial charge in [-0.15, -0.1) is 10.2 Å². The summed E-state index contributed by atoms with van der Waals surface area (Å²) in [4.78, 5) is 8.86. The standard InChI is InChI=1S/C25H16BrN7O/c26-18-7-4-8-20(13-18)33-23-21(14-29-33)22(27-15-28-23)30-19-11-9-17(10-12-19)25-32-31-24(34-25)16-5-2-1-3-6-16/h1-15H,(H,27,28,30). The van der Waals surface area contributed by atoms with Crippen molar-refractivity contribution in [3.8, 4) is 28.6 Å². The number of hydrogen-bond acceptors (Lipinski definition) is 7. The average molecular weight is 510 g/mol. The highest BCUT2D eigenvalue weighted by Crippen LogP contribution is 2.28. The van der Waals surface area contributed by atoms with Crippen LogP contribution in [-0.4, -0.2) is 29.9 Å². The molecule has 0 unspecified atom stereocenters. The second-order valence-corrected chi connectivity index (χ2v) is 8.39. The van der Waals surface area contributed by atoms with Gasteiger partial charge in [0.2, 0.25) is 11.8 Å². The summed E-state index contributed by atoms with van der Waals surface area (Å²) in [6.45, 7) is 0. The summed E-state index contributed by atoms with van der Waals surface area (Å²) in [7, 11) is 0. The molecule has 0 saturated heterocycles. The largest absolute Gasteiger partial charge is 0.416 e. The Morgan fingerprint density at radius 3 is 2.32 bits per heavy atom. The van der Waals surface area contributed by atoms with Crippen LogP contribution in [0.15, 0.2) is 100 Å². The molecule has 34 heavy (non-hydrogen) atoms. The van der Waals surface area contributed by atoms with Crippen LogP contribution in [0, 0.1) is 0 Å². The maximum atomic E-state index is 5.85. The van der Waals surface area contributed by atoms with Crippen LogP contribution in [0.5, 0.6) is 0 Å². The van der Waals surface area contributed by atoms with Crippen LogP contribution in [0.1, 0.15) is 0 Å². The summed E-state index contributed by atoms with van der Waals surface area (Å²) in [6.07, 6.45) is 3.29. The third kappa shape index (κ3) is 3.82. The van der Waals surface area contributed by atoms with Gasteiger partial charge < -0.3 is 9.73 Å². The third-order valence-electron chi connectivity index (χ3n) is 5.26. The van der Waals surface area contributed by atoms with E-state index >= 15 is 0 Å². The second-order valence-electron chi connectivity index (χ2n) is 7.48. The molecule has 0 bridgehead atoms. The van der Waals surface area contributed by atoms with Crippen LogP contribution in [0.2, 0.25) is 0 Å². The first-order valence-corrected chi connectivity index (χ1v) is 11.2. The molecule has 0 fully saturated rings. The van der Waals surface area contributed by atoms with Gasteiger partial charge in [0.1, 0.15) is 12.1 Å². The molecule has 6 aromatic rings. The predicted octanol–water partition coefficient (Wildman–Crippen LogP) is 6.04. The molecule has 0 atom stereocenters. The van der Waals surface area contributed by atoms with E-state index in [4.69, 9.17) is 4.42 Å². The number of rotatable bonds is 5. The second kappa shape index (κ2) is 8.53. The summed E-state index contributed by atoms with van der Waals surface area (Å²) in [5.74, 6) is 1.62. The molecule has 0 aliphatic rings. The Hall–Kier alpha value is -4.37. The number of anilines is 2. The molecule has 0 spiro atoms. The van der Waals surface area contributed by atoms with E-state index in [9.17, 15) is 0 Å². The Balaban J connectivity index is 1.26. The Morgan fingerprint density at radius 2 is 1.56 bits per heavy atom. The molecule has 8 nitrogen and oxygen atoms in total. The van der Waals surface area contributed by atoms with Crippen molar-refractivity contribution < 1.29 is 4.42 Å². The Kier molecular flexibility index (Phi) is 5.08. The van der Waals surface area contributed by atoms with Crippen LogP contribution >= 0.6 is 15.9 Å². The van der Waals surface area contributed by atoms with Crippen molar-refractivity contribution in [2.75, 3.05) is 5.32 Å². The lowest BCUT2D eigenvalue weighted by molar-refractivity contribution is 0.584. The van der Waals surface area contributed by atoms with Crippen molar-refractivity contribution in [1.82, 2.24) is 29.9 Å². The van der Waals surface area contributed by atoms with E-state index in [1.807, 2.05) is 78.9 Å². The van der Waals surface area contributed by atoms with E-state index in [1.54, 1.807) is 10.9 Å². The molecule has 3 aromatic carbocycles. The van der Waals surface area contributed by atoms with E-state index in [0.717, 1.165) is 32.4 Å². The van der Waals surface area contributed by atoms with Gasteiger partial charge in [0.15, 0.2) is 5.65 Å². The molecule has 0 aliphatic carbocycles. The molecule has 0 saturated carbocycles. The highest BCUT2D eigenvalue weighted by atomic mass is 79.9. The van der Waals surface area contributed by atoms with Gasteiger partial charge in [-0.3, -0.25) is 0 Å². The zero-order chi connectivity index (χ0) is 22.9. The van der Waals surface area contributed by atoms with E-state index in [2.05, 4.69) is 46.5 Å². The van der Waals surface area contributed by atoms with Crippen LogP contribution in [0.3, 0.4) is 0 Å². The summed E-state index contributed by atoms with van der Waals surface area (Å²) in [5, 5.41) is 17.0. The maximum absolute atomic E-state index is 5.85. The molecule has 164 valence electrons. The average Bonchev–Trinajstić information content (AvgIpc) is 3.54. The Bertz CT molecular complexity index is 1590. The lowest BCUT2D eigenvalue weighted by Gasteiger charge is -2.07. The smallest absolute Gasteiger partial charge is 0.248 e. The number of nitrogens with one attached hydrogen (secondary N) is 1. The highest BCUT2D eigenvalue weighted by Gasteiger charge is 2.13. The SMILES string of the molecule is Brc1cccc(-n2ncc3c(Nc4ccc(-c5nnc(-c6ccccc6)o5)cc4)ncnc32)c1. The zero-order valence-electron chi connectivity index (χ0n) is 17.6. The fourth-order valence-electron chi connectivity index (χ4n) is 3.61. The molecule has 0 radical (unpaired) electrons. The summed E-state index contributed by atoms with van der Waals surface area (Å²) < 4.78 is 8.61. The van der Waals surface area contributed by atoms with Crippen molar-refractivity contribution in [2.45, 2.75) is 0 Å². The van der Waals surface area contributed by atoms with Gasteiger partial charge in [-0.25, -0.2) is 14.6 Å². The van der Waals surface area contributed by atoms with Gasteiger partial charge in [-0.1, -0.05) is 40.2 Å². The fourth-order valence-corrected chi connectivity index (χ4v) is 4.00. The van der Waals surface area contributed by atoms with Gasteiger partial charge >= 0.3 is 0 Å². The topological polar surface area (TPSA) is 94.6 Å². The summed E-state index contributed by atoms with van der Waals surface area (Å²) in [5.41, 5.74) is 4.20. The lowest BCUT2D eigenvalue weighted by Crippen LogP contribution is -1.99. The minimum absolute atomic E-state index is 0.463. The number of benzene rings is 3. The number of aromatic nitrogens is 6. The molecule has 3 heterocycles. The van der Waals surface area contributed by atoms with Crippen LogP contribution in [0.4, 0.5) is 11.5 Å². The van der Waals surface area contributed by atoms with Gasteiger partial charge in [-0.05, 0) is 54.6 Å². The van der Waals surface area contributed by atoms with E-state index in [-0.39, 0.29) is 0 Å².